The Bertz CT molecular complexity index is 879. The minimum Gasteiger partial charge on any atom is -0.320 e. The lowest BCUT2D eigenvalue weighted by molar-refractivity contribution is 0.206. The zero-order valence-electron chi connectivity index (χ0n) is 13.5. The number of sulfone groups is 1. The van der Waals surface area contributed by atoms with Crippen LogP contribution in [0.4, 0.5) is 10.6 Å². The summed E-state index contributed by atoms with van der Waals surface area (Å²) in [6.07, 6.45) is 1.87. The van der Waals surface area contributed by atoms with E-state index < -0.39 is 9.84 Å². The number of anilines is 1. The minimum atomic E-state index is -3.40. The van der Waals surface area contributed by atoms with Gasteiger partial charge < -0.3 is 4.90 Å². The molecule has 2 heterocycles. The summed E-state index contributed by atoms with van der Waals surface area (Å²) in [6.45, 7) is 3.21. The Labute approximate surface area is 140 Å². The molecule has 24 heavy (non-hydrogen) atoms. The van der Waals surface area contributed by atoms with Crippen molar-refractivity contribution in [2.75, 3.05) is 18.1 Å². The van der Waals surface area contributed by atoms with Crippen LogP contribution in [0.15, 0.2) is 35.4 Å². The summed E-state index contributed by atoms with van der Waals surface area (Å²) < 4.78 is 22.7. The van der Waals surface area contributed by atoms with Gasteiger partial charge in [-0.15, -0.1) is 10.2 Å². The highest BCUT2D eigenvalue weighted by Crippen LogP contribution is 2.20. The summed E-state index contributed by atoms with van der Waals surface area (Å²) in [5, 5.41) is 9.90. The van der Waals surface area contributed by atoms with Gasteiger partial charge in [0, 0.05) is 19.3 Å². The zero-order valence-corrected chi connectivity index (χ0v) is 14.3. The molecule has 1 N–H and O–H groups in total. The molecule has 0 aliphatic carbocycles. The maximum atomic E-state index is 12.4. The van der Waals surface area contributed by atoms with Gasteiger partial charge >= 0.3 is 6.03 Å². The molecule has 1 aliphatic rings. The van der Waals surface area contributed by atoms with Crippen LogP contribution in [0.3, 0.4) is 0 Å². The Morgan fingerprint density at radius 2 is 1.96 bits per heavy atom. The Balaban J connectivity index is 1.68. The number of urea groups is 1. The maximum absolute atomic E-state index is 12.4. The third kappa shape index (κ3) is 3.53. The van der Waals surface area contributed by atoms with Gasteiger partial charge in [-0.3, -0.25) is 5.32 Å². The number of carbonyl (C=O) groups is 1. The van der Waals surface area contributed by atoms with Crippen LogP contribution in [0.25, 0.3) is 0 Å². The van der Waals surface area contributed by atoms with Gasteiger partial charge in [0.15, 0.2) is 20.7 Å². The minimum absolute atomic E-state index is 0.122. The third-order valence-corrected chi connectivity index (χ3v) is 4.89. The van der Waals surface area contributed by atoms with E-state index in [1.165, 1.54) is 23.3 Å². The van der Waals surface area contributed by atoms with E-state index in [-0.39, 0.29) is 16.9 Å². The van der Waals surface area contributed by atoms with Crippen molar-refractivity contribution in [3.05, 3.63) is 47.0 Å². The van der Waals surface area contributed by atoms with Crippen LogP contribution in [0.1, 0.15) is 16.7 Å². The number of fused-ring (bicyclic) bond motifs is 1. The largest absolute Gasteiger partial charge is 0.323 e. The van der Waals surface area contributed by atoms with Crippen molar-refractivity contribution in [1.82, 2.24) is 15.1 Å². The predicted molar refractivity (Wildman–Crippen MR) is 89.5 cm³/mol. The molecule has 3 rings (SSSR count). The monoisotopic (exact) mass is 346 g/mol. The van der Waals surface area contributed by atoms with E-state index in [1.54, 1.807) is 4.90 Å². The molecule has 126 valence electrons. The van der Waals surface area contributed by atoms with Crippen LogP contribution in [0, 0.1) is 6.92 Å². The first-order valence-corrected chi connectivity index (χ1v) is 9.40. The second-order valence-corrected chi connectivity index (χ2v) is 7.87. The average molecular weight is 346 g/mol. The number of carbonyl (C=O) groups excluding carboxylic acids is 1. The van der Waals surface area contributed by atoms with E-state index in [2.05, 4.69) is 28.5 Å². The SMILES string of the molecule is Cc1ccc2c(c1)CCN(C(=O)Nc1ccc(S(C)(=O)=O)nn1)C2. The Kier molecular flexibility index (Phi) is 4.23. The summed E-state index contributed by atoms with van der Waals surface area (Å²) in [4.78, 5) is 14.1. The number of hydrogen-bond donors (Lipinski definition) is 1. The lowest BCUT2D eigenvalue weighted by atomic mass is 9.98. The van der Waals surface area contributed by atoms with Crippen molar-refractivity contribution in [2.45, 2.75) is 24.9 Å². The van der Waals surface area contributed by atoms with E-state index in [0.29, 0.717) is 13.1 Å². The van der Waals surface area contributed by atoms with E-state index >= 15 is 0 Å². The highest BCUT2D eigenvalue weighted by molar-refractivity contribution is 7.90. The molecule has 0 saturated heterocycles. The third-order valence-electron chi connectivity index (χ3n) is 3.92. The van der Waals surface area contributed by atoms with Crippen LogP contribution < -0.4 is 5.32 Å². The van der Waals surface area contributed by atoms with Gasteiger partial charge in [-0.1, -0.05) is 23.8 Å². The number of aryl methyl sites for hydroxylation is 1. The maximum Gasteiger partial charge on any atom is 0.323 e. The second-order valence-electron chi connectivity index (χ2n) is 5.90. The molecule has 0 bridgehead atoms. The predicted octanol–water partition coefficient (Wildman–Crippen LogP) is 1.78. The molecule has 0 spiro atoms. The van der Waals surface area contributed by atoms with Crippen LogP contribution in [-0.2, 0) is 22.8 Å². The molecule has 8 heteroatoms. The first kappa shape index (κ1) is 16.4. The molecule has 1 aromatic heterocycles. The number of hydrogen-bond acceptors (Lipinski definition) is 5. The van der Waals surface area contributed by atoms with Crippen molar-refractivity contribution in [1.29, 1.82) is 0 Å². The number of rotatable bonds is 2. The van der Waals surface area contributed by atoms with Crippen molar-refractivity contribution in [3.8, 4) is 0 Å². The fourth-order valence-electron chi connectivity index (χ4n) is 2.63. The van der Waals surface area contributed by atoms with E-state index in [0.717, 1.165) is 18.2 Å². The van der Waals surface area contributed by atoms with Crippen LogP contribution >= 0.6 is 0 Å². The highest BCUT2D eigenvalue weighted by Gasteiger charge is 2.21. The van der Waals surface area contributed by atoms with Crippen LogP contribution in [0.2, 0.25) is 0 Å². The first-order valence-electron chi connectivity index (χ1n) is 7.51. The van der Waals surface area contributed by atoms with Crippen molar-refractivity contribution >= 4 is 21.7 Å². The Morgan fingerprint density at radius 1 is 1.17 bits per heavy atom. The van der Waals surface area contributed by atoms with Gasteiger partial charge in [0.2, 0.25) is 0 Å². The molecule has 0 atom stereocenters. The molecule has 0 saturated carbocycles. The normalized spacial score (nSPS) is 14.2. The summed E-state index contributed by atoms with van der Waals surface area (Å²) in [5.41, 5.74) is 3.63. The molecular weight excluding hydrogens is 328 g/mol. The zero-order chi connectivity index (χ0) is 17.3. The summed E-state index contributed by atoms with van der Waals surface area (Å²) in [6, 6.07) is 8.72. The first-order chi connectivity index (χ1) is 11.3. The van der Waals surface area contributed by atoms with E-state index in [4.69, 9.17) is 0 Å². The lowest BCUT2D eigenvalue weighted by Gasteiger charge is -2.29. The summed E-state index contributed by atoms with van der Waals surface area (Å²) in [5.74, 6) is 0.224. The van der Waals surface area contributed by atoms with Gasteiger partial charge in [0.25, 0.3) is 0 Å². The molecule has 7 nitrogen and oxygen atoms in total. The molecule has 1 aliphatic heterocycles. The number of amides is 2. The number of nitrogens with zero attached hydrogens (tertiary/aromatic N) is 3. The lowest BCUT2D eigenvalue weighted by Crippen LogP contribution is -2.39. The fourth-order valence-corrected chi connectivity index (χ4v) is 3.13. The molecular formula is C16H18N4O3S. The second kappa shape index (κ2) is 6.20. The molecule has 2 aromatic rings. The van der Waals surface area contributed by atoms with Crippen LogP contribution in [-0.4, -0.2) is 42.3 Å². The summed E-state index contributed by atoms with van der Waals surface area (Å²) >= 11 is 0. The van der Waals surface area contributed by atoms with Crippen molar-refractivity contribution in [3.63, 3.8) is 0 Å². The highest BCUT2D eigenvalue weighted by atomic mass is 32.2. The van der Waals surface area contributed by atoms with Gasteiger partial charge in [0.05, 0.1) is 0 Å². The van der Waals surface area contributed by atoms with Crippen LogP contribution in [0.5, 0.6) is 0 Å². The Morgan fingerprint density at radius 3 is 2.62 bits per heavy atom. The quantitative estimate of drug-likeness (QED) is 0.895. The molecule has 2 amide bonds. The Hall–Kier alpha value is -2.48. The molecule has 0 radical (unpaired) electrons. The standard InChI is InChI=1S/C16H18N4O3S/c1-11-3-4-13-10-20(8-7-12(13)9-11)16(21)17-14-5-6-15(19-18-14)24(2,22)23/h3-6,9H,7-8,10H2,1-2H3,(H,17,18,21). The average Bonchev–Trinajstić information content (AvgIpc) is 2.54. The fraction of sp³-hybridized carbons (Fsp3) is 0.312. The van der Waals surface area contributed by atoms with Gasteiger partial charge in [-0.25, -0.2) is 13.2 Å². The molecule has 1 aromatic carbocycles. The van der Waals surface area contributed by atoms with Crippen molar-refractivity contribution in [2.24, 2.45) is 0 Å². The van der Waals surface area contributed by atoms with Gasteiger partial charge in [0.1, 0.15) is 0 Å². The van der Waals surface area contributed by atoms with Crippen molar-refractivity contribution < 1.29 is 13.2 Å². The summed E-state index contributed by atoms with van der Waals surface area (Å²) in [7, 11) is -3.40. The van der Waals surface area contributed by atoms with Gasteiger partial charge in [-0.2, -0.15) is 0 Å². The smallest absolute Gasteiger partial charge is 0.320 e. The number of benzene rings is 1. The topological polar surface area (TPSA) is 92.3 Å². The number of nitrogens with one attached hydrogen (secondary N) is 1. The van der Waals surface area contributed by atoms with E-state index in [9.17, 15) is 13.2 Å². The van der Waals surface area contributed by atoms with Gasteiger partial charge in [-0.05, 0) is 36.6 Å². The number of aromatic nitrogens is 2. The van der Waals surface area contributed by atoms with E-state index in [1.807, 2.05) is 12.1 Å². The molecule has 0 unspecified atom stereocenters. The molecule has 0 fully saturated rings.